The Balaban J connectivity index is 1.16. The molecule has 10 heteroatoms. The summed E-state index contributed by atoms with van der Waals surface area (Å²) in [5, 5.41) is 11.5. The van der Waals surface area contributed by atoms with Crippen molar-refractivity contribution in [3.05, 3.63) is 53.0 Å². The molecule has 2 heterocycles. The SMILES string of the molecule is Cc1nc2cc(OC[C@H](O)CN3CCN(CCS(=O)(=O)Nc4ccc(C(C)(C)C)cc4)CC3)ccc2s1. The number of hydrogen-bond acceptors (Lipinski definition) is 8. The summed E-state index contributed by atoms with van der Waals surface area (Å²) < 4.78 is 34.8. The first-order valence-corrected chi connectivity index (χ1v) is 15.2. The lowest BCUT2D eigenvalue weighted by Gasteiger charge is -2.35. The van der Waals surface area contributed by atoms with E-state index in [-0.39, 0.29) is 17.8 Å². The number of aliphatic hydroxyl groups excluding tert-OH is 1. The van der Waals surface area contributed by atoms with E-state index in [0.717, 1.165) is 47.0 Å². The molecule has 0 amide bonds. The molecule has 1 saturated heterocycles. The van der Waals surface area contributed by atoms with Crippen LogP contribution in [0.1, 0.15) is 31.3 Å². The maximum Gasteiger partial charge on any atom is 0.233 e. The van der Waals surface area contributed by atoms with Crippen LogP contribution in [-0.2, 0) is 15.4 Å². The standard InChI is InChI=1S/C27H38N4O4S2/c1-20-28-25-17-24(9-10-26(25)36-20)35-19-23(32)18-31-13-11-30(12-14-31)15-16-37(33,34)29-22-7-5-21(6-8-22)27(2,3)4/h5-10,17,23,29,32H,11-16,18-19H2,1-4H3/t23-/m1/s1. The molecule has 2 N–H and O–H groups in total. The summed E-state index contributed by atoms with van der Waals surface area (Å²) in [6.45, 7) is 12.7. The molecule has 1 fully saturated rings. The van der Waals surface area contributed by atoms with Gasteiger partial charge in [-0.2, -0.15) is 0 Å². The molecule has 3 aromatic rings. The van der Waals surface area contributed by atoms with E-state index in [1.165, 1.54) is 0 Å². The molecule has 202 valence electrons. The summed E-state index contributed by atoms with van der Waals surface area (Å²) in [5.74, 6) is 0.759. The lowest BCUT2D eigenvalue weighted by Crippen LogP contribution is -2.50. The maximum absolute atomic E-state index is 12.6. The van der Waals surface area contributed by atoms with Crippen molar-refractivity contribution in [1.82, 2.24) is 14.8 Å². The molecule has 8 nitrogen and oxygen atoms in total. The fraction of sp³-hybridized carbons (Fsp3) is 0.519. The zero-order valence-corrected chi connectivity index (χ0v) is 23.7. The second-order valence-electron chi connectivity index (χ2n) is 10.7. The minimum atomic E-state index is -3.43. The van der Waals surface area contributed by atoms with Gasteiger partial charge in [0.05, 0.1) is 21.0 Å². The zero-order valence-electron chi connectivity index (χ0n) is 22.1. The molecule has 0 aliphatic carbocycles. The first kappa shape index (κ1) is 27.8. The van der Waals surface area contributed by atoms with Gasteiger partial charge in [0.1, 0.15) is 18.5 Å². The summed E-state index contributed by atoms with van der Waals surface area (Å²) in [7, 11) is -3.43. The lowest BCUT2D eigenvalue weighted by molar-refractivity contribution is 0.0472. The van der Waals surface area contributed by atoms with Crippen LogP contribution < -0.4 is 9.46 Å². The van der Waals surface area contributed by atoms with Gasteiger partial charge in [-0.15, -0.1) is 11.3 Å². The van der Waals surface area contributed by atoms with Crippen molar-refractivity contribution in [2.75, 3.05) is 56.4 Å². The Bertz CT molecular complexity index is 1280. The van der Waals surface area contributed by atoms with Gasteiger partial charge in [0.2, 0.25) is 10.0 Å². The molecule has 37 heavy (non-hydrogen) atoms. The minimum absolute atomic E-state index is 0.0264. The molecule has 2 aromatic carbocycles. The van der Waals surface area contributed by atoms with Crippen LogP contribution in [0.4, 0.5) is 5.69 Å². The van der Waals surface area contributed by atoms with Gasteiger partial charge in [-0.25, -0.2) is 13.4 Å². The van der Waals surface area contributed by atoms with Crippen molar-refractivity contribution >= 4 is 37.3 Å². The normalized spacial score (nSPS) is 16.7. The van der Waals surface area contributed by atoms with Gasteiger partial charge in [0, 0.05) is 51.0 Å². The predicted molar refractivity (Wildman–Crippen MR) is 151 cm³/mol. The number of aromatic nitrogens is 1. The summed E-state index contributed by atoms with van der Waals surface area (Å²) >= 11 is 1.65. The highest BCUT2D eigenvalue weighted by Crippen LogP contribution is 2.26. The summed E-state index contributed by atoms with van der Waals surface area (Å²) in [6, 6.07) is 13.4. The van der Waals surface area contributed by atoms with Gasteiger partial charge in [-0.1, -0.05) is 32.9 Å². The minimum Gasteiger partial charge on any atom is -0.491 e. The molecule has 0 radical (unpaired) electrons. The molecule has 1 aliphatic heterocycles. The average Bonchev–Trinajstić information content (AvgIpc) is 3.21. The van der Waals surface area contributed by atoms with E-state index >= 15 is 0 Å². The van der Waals surface area contributed by atoms with Crippen molar-refractivity contribution in [2.24, 2.45) is 0 Å². The predicted octanol–water partition coefficient (Wildman–Crippen LogP) is 3.70. The van der Waals surface area contributed by atoms with Crippen molar-refractivity contribution in [1.29, 1.82) is 0 Å². The number of β-amino-alcohol motifs (C(OH)–C–C–N with tert-alkyl or cyclic N) is 1. The van der Waals surface area contributed by atoms with Crippen molar-refractivity contribution in [3.63, 3.8) is 0 Å². The number of ether oxygens (including phenoxy) is 1. The zero-order chi connectivity index (χ0) is 26.6. The second-order valence-corrected chi connectivity index (χ2v) is 13.8. The Labute approximate surface area is 224 Å². The summed E-state index contributed by atoms with van der Waals surface area (Å²) in [5.41, 5.74) is 2.70. The fourth-order valence-electron chi connectivity index (χ4n) is 4.37. The van der Waals surface area contributed by atoms with Gasteiger partial charge in [0.25, 0.3) is 0 Å². The number of benzene rings is 2. The third kappa shape index (κ3) is 8.12. The first-order valence-electron chi connectivity index (χ1n) is 12.7. The van der Waals surface area contributed by atoms with Crippen molar-refractivity contribution in [3.8, 4) is 5.75 Å². The van der Waals surface area contributed by atoms with Gasteiger partial charge >= 0.3 is 0 Å². The molecular formula is C27H38N4O4S2. The Kier molecular flexibility index (Phi) is 8.75. The molecule has 0 spiro atoms. The van der Waals surface area contributed by atoms with Crippen LogP contribution in [0.3, 0.4) is 0 Å². The quantitative estimate of drug-likeness (QED) is 0.400. The Hall–Kier alpha value is -2.24. The van der Waals surface area contributed by atoms with E-state index in [4.69, 9.17) is 4.74 Å². The molecule has 1 aliphatic rings. The van der Waals surface area contributed by atoms with Crippen LogP contribution in [-0.4, -0.2) is 86.0 Å². The highest BCUT2D eigenvalue weighted by atomic mass is 32.2. The number of nitrogens with one attached hydrogen (secondary N) is 1. The van der Waals surface area contributed by atoms with Crippen LogP contribution in [0.5, 0.6) is 5.75 Å². The largest absolute Gasteiger partial charge is 0.491 e. The smallest absolute Gasteiger partial charge is 0.233 e. The highest BCUT2D eigenvalue weighted by molar-refractivity contribution is 7.92. The third-order valence-electron chi connectivity index (χ3n) is 6.54. The first-order chi connectivity index (χ1) is 17.5. The molecule has 0 saturated carbocycles. The van der Waals surface area contributed by atoms with E-state index < -0.39 is 16.1 Å². The number of aliphatic hydroxyl groups is 1. The van der Waals surface area contributed by atoms with Crippen molar-refractivity contribution < 1.29 is 18.3 Å². The Morgan fingerprint density at radius 3 is 2.43 bits per heavy atom. The maximum atomic E-state index is 12.6. The van der Waals surface area contributed by atoms with Crippen LogP contribution in [0, 0.1) is 6.92 Å². The van der Waals surface area contributed by atoms with Gasteiger partial charge in [-0.3, -0.25) is 14.5 Å². The van der Waals surface area contributed by atoms with Crippen LogP contribution >= 0.6 is 11.3 Å². The summed E-state index contributed by atoms with van der Waals surface area (Å²) in [4.78, 5) is 8.84. The Morgan fingerprint density at radius 2 is 1.76 bits per heavy atom. The van der Waals surface area contributed by atoms with Crippen LogP contribution in [0.25, 0.3) is 10.2 Å². The van der Waals surface area contributed by atoms with Gasteiger partial charge < -0.3 is 9.84 Å². The molecule has 0 bridgehead atoms. The monoisotopic (exact) mass is 546 g/mol. The number of anilines is 1. The fourth-order valence-corrected chi connectivity index (χ4v) is 6.27. The second kappa shape index (κ2) is 11.7. The third-order valence-corrected chi connectivity index (χ3v) is 8.76. The van der Waals surface area contributed by atoms with Gasteiger partial charge in [-0.05, 0) is 42.2 Å². The topological polar surface area (TPSA) is 95.0 Å². The number of fused-ring (bicyclic) bond motifs is 1. The van der Waals surface area contributed by atoms with Crippen molar-refractivity contribution in [2.45, 2.75) is 39.2 Å². The molecule has 4 rings (SSSR count). The number of rotatable bonds is 10. The number of thiazole rings is 1. The number of nitrogens with zero attached hydrogens (tertiary/aromatic N) is 3. The van der Waals surface area contributed by atoms with Crippen LogP contribution in [0.2, 0.25) is 0 Å². The van der Waals surface area contributed by atoms with Gasteiger partial charge in [0.15, 0.2) is 0 Å². The van der Waals surface area contributed by atoms with E-state index in [1.54, 1.807) is 11.3 Å². The summed E-state index contributed by atoms with van der Waals surface area (Å²) in [6.07, 6.45) is -0.603. The molecule has 1 aromatic heterocycles. The number of hydrogen-bond donors (Lipinski definition) is 2. The van der Waals surface area contributed by atoms with E-state index in [1.807, 2.05) is 49.4 Å². The molecular weight excluding hydrogens is 508 g/mol. The lowest BCUT2D eigenvalue weighted by atomic mass is 9.87. The average molecular weight is 547 g/mol. The van der Waals surface area contributed by atoms with E-state index in [9.17, 15) is 13.5 Å². The molecule has 0 unspecified atom stereocenters. The number of sulfonamides is 1. The van der Waals surface area contributed by atoms with E-state index in [2.05, 4.69) is 40.3 Å². The molecule has 1 atom stereocenters. The number of piperazine rings is 1. The highest BCUT2D eigenvalue weighted by Gasteiger charge is 2.22. The van der Waals surface area contributed by atoms with E-state index in [0.29, 0.717) is 24.5 Å². The van der Waals surface area contributed by atoms with Crippen LogP contribution in [0.15, 0.2) is 42.5 Å². The Morgan fingerprint density at radius 1 is 1.08 bits per heavy atom. The number of aryl methyl sites for hydroxylation is 1.